The maximum atomic E-state index is 13.6. The molecule has 0 saturated carbocycles. The number of hydrogen-bond acceptors (Lipinski definition) is 4. The molecule has 0 bridgehead atoms. The average Bonchev–Trinajstić information content (AvgIpc) is 3.22. The van der Waals surface area contributed by atoms with Gasteiger partial charge in [-0.1, -0.05) is 90.8 Å². The maximum Gasteiger partial charge on any atom is 0.269 e. The first-order chi connectivity index (χ1) is 17.9. The monoisotopic (exact) mass is 549 g/mol. The largest absolute Gasteiger partial charge is 0.321 e. The lowest BCUT2D eigenvalue weighted by Gasteiger charge is -2.18. The molecule has 3 aromatic carbocycles. The Bertz CT molecular complexity index is 1370. The van der Waals surface area contributed by atoms with Crippen molar-refractivity contribution < 1.29 is 9.59 Å². The van der Waals surface area contributed by atoms with E-state index in [1.54, 1.807) is 36.4 Å². The van der Waals surface area contributed by atoms with Gasteiger partial charge in [0.15, 0.2) is 0 Å². The Balaban J connectivity index is 1.65. The fraction of sp³-hybridized carbons (Fsp3) is 0.207. The molecule has 1 saturated heterocycles. The summed E-state index contributed by atoms with van der Waals surface area (Å²) in [7, 11) is 0. The molecule has 1 N–H and O–H groups in total. The summed E-state index contributed by atoms with van der Waals surface area (Å²) in [6, 6.07) is 23.9. The lowest BCUT2D eigenvalue weighted by atomic mass is 10.1. The second-order valence-electron chi connectivity index (χ2n) is 8.58. The van der Waals surface area contributed by atoms with E-state index in [1.165, 1.54) is 22.2 Å². The molecule has 188 valence electrons. The van der Waals surface area contributed by atoms with Gasteiger partial charge in [0, 0.05) is 11.4 Å². The van der Waals surface area contributed by atoms with Crippen LogP contribution >= 0.6 is 35.0 Å². The third-order valence-corrected chi connectivity index (χ3v) is 8.11. The average molecular weight is 551 g/mol. The standard InChI is InChI=1S/C29H25Cl2N3O2S/c1-2-3-8-19-13-15-21(16-14-19)33-27(35)23(18-32)29-34(22-10-5-4-6-11-22)28(36)25(37-29)17-20-9-7-12-24(30)26(20)31/h4-7,9-16,25H,2-3,8,17H2,1H3,(H,33,35)/b29-23-/t25-/m0/s1. The lowest BCUT2D eigenvalue weighted by Crippen LogP contribution is -2.31. The number of nitriles is 1. The molecule has 3 aromatic rings. The topological polar surface area (TPSA) is 73.2 Å². The summed E-state index contributed by atoms with van der Waals surface area (Å²) in [6.45, 7) is 2.14. The fourth-order valence-electron chi connectivity index (χ4n) is 4.03. The molecule has 5 nitrogen and oxygen atoms in total. The van der Waals surface area contributed by atoms with Gasteiger partial charge in [-0.2, -0.15) is 5.26 Å². The van der Waals surface area contributed by atoms with E-state index in [1.807, 2.05) is 42.5 Å². The summed E-state index contributed by atoms with van der Waals surface area (Å²) in [5.74, 6) is -0.801. The molecule has 0 aliphatic carbocycles. The van der Waals surface area contributed by atoms with E-state index >= 15 is 0 Å². The predicted molar refractivity (Wildman–Crippen MR) is 152 cm³/mol. The van der Waals surface area contributed by atoms with Crippen molar-refractivity contribution in [1.29, 1.82) is 5.26 Å². The van der Waals surface area contributed by atoms with Gasteiger partial charge in [-0.25, -0.2) is 0 Å². The minimum absolute atomic E-state index is 0.128. The van der Waals surface area contributed by atoms with Crippen LogP contribution < -0.4 is 10.2 Å². The van der Waals surface area contributed by atoms with E-state index in [4.69, 9.17) is 23.2 Å². The molecule has 4 rings (SSSR count). The van der Waals surface area contributed by atoms with Crippen LogP contribution in [0.2, 0.25) is 10.0 Å². The molecule has 1 fully saturated rings. The number of thioether (sulfide) groups is 1. The third kappa shape index (κ3) is 6.19. The SMILES string of the molecule is CCCCc1ccc(NC(=O)/C(C#N)=C2\S[C@@H](Cc3cccc(Cl)c3Cl)C(=O)N2c2ccccc2)cc1. The number of nitrogens with one attached hydrogen (secondary N) is 1. The first-order valence-electron chi connectivity index (χ1n) is 12.0. The Hall–Kier alpha value is -3.24. The van der Waals surface area contributed by atoms with Crippen molar-refractivity contribution in [2.24, 2.45) is 0 Å². The van der Waals surface area contributed by atoms with E-state index in [2.05, 4.69) is 12.2 Å². The first-order valence-corrected chi connectivity index (χ1v) is 13.6. The van der Waals surface area contributed by atoms with E-state index in [-0.39, 0.29) is 11.5 Å². The molecule has 0 spiro atoms. The molecule has 1 aliphatic rings. The molecule has 0 aromatic heterocycles. The van der Waals surface area contributed by atoms with Gasteiger partial charge >= 0.3 is 0 Å². The second-order valence-corrected chi connectivity index (χ2v) is 10.6. The zero-order valence-corrected chi connectivity index (χ0v) is 22.5. The van der Waals surface area contributed by atoms with Gasteiger partial charge in [0.1, 0.15) is 16.7 Å². The summed E-state index contributed by atoms with van der Waals surface area (Å²) >= 11 is 13.7. The lowest BCUT2D eigenvalue weighted by molar-refractivity contribution is -0.117. The maximum absolute atomic E-state index is 13.6. The van der Waals surface area contributed by atoms with Crippen LogP contribution in [0, 0.1) is 11.3 Å². The number of carbonyl (C=O) groups is 2. The van der Waals surface area contributed by atoms with Gasteiger partial charge in [0.25, 0.3) is 5.91 Å². The van der Waals surface area contributed by atoms with Gasteiger partial charge in [0.05, 0.1) is 15.3 Å². The highest BCUT2D eigenvalue weighted by atomic mass is 35.5. The van der Waals surface area contributed by atoms with Crippen LogP contribution in [0.1, 0.15) is 30.9 Å². The van der Waals surface area contributed by atoms with Gasteiger partial charge in [-0.15, -0.1) is 0 Å². The minimum Gasteiger partial charge on any atom is -0.321 e. The molecule has 1 atom stereocenters. The van der Waals surface area contributed by atoms with Crippen molar-refractivity contribution in [1.82, 2.24) is 0 Å². The highest BCUT2D eigenvalue weighted by molar-refractivity contribution is 8.05. The molecular formula is C29H25Cl2N3O2S. The molecular weight excluding hydrogens is 525 g/mol. The highest BCUT2D eigenvalue weighted by Crippen LogP contribution is 2.43. The number of halogens is 2. The summed E-state index contributed by atoms with van der Waals surface area (Å²) in [6.07, 6.45) is 3.48. The number of unbranched alkanes of at least 4 members (excludes halogenated alkanes) is 1. The van der Waals surface area contributed by atoms with Crippen LogP contribution in [0.4, 0.5) is 11.4 Å². The van der Waals surface area contributed by atoms with Crippen molar-refractivity contribution >= 4 is 58.2 Å². The quantitative estimate of drug-likeness (QED) is 0.234. The van der Waals surface area contributed by atoms with E-state index < -0.39 is 11.2 Å². The van der Waals surface area contributed by atoms with Crippen molar-refractivity contribution in [3.8, 4) is 6.07 Å². The Morgan fingerprint density at radius 2 is 1.78 bits per heavy atom. The summed E-state index contributed by atoms with van der Waals surface area (Å²) in [5.41, 5.74) is 2.95. The van der Waals surface area contributed by atoms with Crippen LogP contribution in [-0.2, 0) is 22.4 Å². The number of benzene rings is 3. The number of anilines is 2. The van der Waals surface area contributed by atoms with Crippen molar-refractivity contribution in [2.45, 2.75) is 37.9 Å². The van der Waals surface area contributed by atoms with E-state index in [0.29, 0.717) is 32.9 Å². The van der Waals surface area contributed by atoms with Crippen LogP contribution in [0.15, 0.2) is 83.4 Å². The Morgan fingerprint density at radius 3 is 2.46 bits per heavy atom. The molecule has 2 amide bonds. The first kappa shape index (κ1) is 26.8. The molecule has 0 radical (unpaired) electrons. The summed E-state index contributed by atoms with van der Waals surface area (Å²) < 4.78 is 0. The number of aryl methyl sites for hydroxylation is 1. The van der Waals surface area contributed by atoms with Crippen molar-refractivity contribution in [3.63, 3.8) is 0 Å². The van der Waals surface area contributed by atoms with Gasteiger partial charge in [-0.05, 0) is 60.7 Å². The zero-order chi connectivity index (χ0) is 26.4. The van der Waals surface area contributed by atoms with Gasteiger partial charge < -0.3 is 5.32 Å². The second kappa shape index (κ2) is 12.3. The molecule has 1 heterocycles. The van der Waals surface area contributed by atoms with Crippen molar-refractivity contribution in [3.05, 3.63) is 105 Å². The number of para-hydroxylation sites is 1. The third-order valence-electron chi connectivity index (χ3n) is 5.99. The predicted octanol–water partition coefficient (Wildman–Crippen LogP) is 7.40. The van der Waals surface area contributed by atoms with Crippen molar-refractivity contribution in [2.75, 3.05) is 10.2 Å². The summed E-state index contributed by atoms with van der Waals surface area (Å²) in [5, 5.41) is 13.3. The zero-order valence-electron chi connectivity index (χ0n) is 20.2. The number of hydrogen-bond donors (Lipinski definition) is 1. The van der Waals surface area contributed by atoms with E-state index in [9.17, 15) is 14.9 Å². The fourth-order valence-corrected chi connectivity index (χ4v) is 5.73. The number of nitrogens with zero attached hydrogens (tertiary/aromatic N) is 2. The molecule has 37 heavy (non-hydrogen) atoms. The number of rotatable bonds is 8. The minimum atomic E-state index is -0.583. The van der Waals surface area contributed by atoms with Crippen LogP contribution in [0.25, 0.3) is 0 Å². The van der Waals surface area contributed by atoms with E-state index in [0.717, 1.165) is 24.8 Å². The number of amides is 2. The summed E-state index contributed by atoms with van der Waals surface area (Å²) in [4.78, 5) is 28.3. The Labute approximate surface area is 231 Å². The Kier molecular flexibility index (Phi) is 8.94. The van der Waals surface area contributed by atoms with Crippen LogP contribution in [-0.4, -0.2) is 17.1 Å². The van der Waals surface area contributed by atoms with Crippen LogP contribution in [0.5, 0.6) is 0 Å². The highest BCUT2D eigenvalue weighted by Gasteiger charge is 2.41. The molecule has 1 aliphatic heterocycles. The van der Waals surface area contributed by atoms with Gasteiger partial charge in [0.2, 0.25) is 5.91 Å². The number of carbonyl (C=O) groups excluding carboxylic acids is 2. The molecule has 8 heteroatoms. The van der Waals surface area contributed by atoms with Gasteiger partial charge in [-0.3, -0.25) is 14.5 Å². The smallest absolute Gasteiger partial charge is 0.269 e. The molecule has 0 unspecified atom stereocenters. The van der Waals surface area contributed by atoms with Crippen LogP contribution in [0.3, 0.4) is 0 Å². The Morgan fingerprint density at radius 1 is 1.05 bits per heavy atom. The normalized spacial score (nSPS) is 16.4.